The van der Waals surface area contributed by atoms with Crippen LogP contribution in [0.3, 0.4) is 0 Å². The summed E-state index contributed by atoms with van der Waals surface area (Å²) < 4.78 is 79.2. The van der Waals surface area contributed by atoms with Gasteiger partial charge in [0.1, 0.15) is 18.0 Å². The summed E-state index contributed by atoms with van der Waals surface area (Å²) in [6.45, 7) is 4.64. The van der Waals surface area contributed by atoms with Crippen molar-refractivity contribution < 1.29 is 30.7 Å². The second-order valence-corrected chi connectivity index (χ2v) is 10.7. The van der Waals surface area contributed by atoms with E-state index in [9.17, 15) is 21.6 Å². The summed E-state index contributed by atoms with van der Waals surface area (Å²) in [6, 6.07) is 18.7. The maximum absolute atomic E-state index is 13.8. The van der Waals surface area contributed by atoms with Gasteiger partial charge in [-0.25, -0.2) is 8.42 Å². The van der Waals surface area contributed by atoms with Gasteiger partial charge in [-0.2, -0.15) is 17.5 Å². The molecule has 1 heterocycles. The number of ether oxygens (including phenoxy) is 1. The zero-order valence-electron chi connectivity index (χ0n) is 20.6. The Labute approximate surface area is 214 Å². The van der Waals surface area contributed by atoms with Crippen LogP contribution in [0.5, 0.6) is 0 Å². The van der Waals surface area contributed by atoms with Gasteiger partial charge in [-0.05, 0) is 61.7 Å². The summed E-state index contributed by atoms with van der Waals surface area (Å²) in [6.07, 6.45) is -4.01. The molecule has 0 aliphatic carbocycles. The molecule has 4 aromatic rings. The molecule has 0 amide bonds. The van der Waals surface area contributed by atoms with Gasteiger partial charge in [0, 0.05) is 30.6 Å². The molecule has 5 nitrogen and oxygen atoms in total. The Bertz CT molecular complexity index is 1450. The number of furan rings is 1. The monoisotopic (exact) mass is 531 g/mol. The van der Waals surface area contributed by atoms with Crippen molar-refractivity contribution in [2.45, 2.75) is 44.5 Å². The van der Waals surface area contributed by atoms with Crippen molar-refractivity contribution in [3.63, 3.8) is 0 Å². The standard InChI is InChI=1S/C28H28F3NO4S/c1-3-35-19-27-20(2)25-17-24(13-14-26(25)36-27)37(33,34)32(16-15-21-7-5-4-6-8-21)18-22-9-11-23(12-10-22)28(29,30)31/h4-14,17H,3,15-16,18-19H2,1-2H3. The molecule has 0 atom stereocenters. The Kier molecular flexibility index (Phi) is 8.06. The summed E-state index contributed by atoms with van der Waals surface area (Å²) in [5.74, 6) is 0.636. The first-order chi connectivity index (χ1) is 17.6. The number of sulfonamides is 1. The summed E-state index contributed by atoms with van der Waals surface area (Å²) in [5, 5.41) is 0.674. The molecule has 0 aliphatic rings. The van der Waals surface area contributed by atoms with Crippen molar-refractivity contribution in [2.24, 2.45) is 0 Å². The third kappa shape index (κ3) is 6.23. The van der Waals surface area contributed by atoms with Gasteiger partial charge in [0.15, 0.2) is 0 Å². The number of rotatable bonds is 10. The third-order valence-corrected chi connectivity index (χ3v) is 8.06. The first-order valence-electron chi connectivity index (χ1n) is 11.9. The van der Waals surface area contributed by atoms with Gasteiger partial charge in [0.2, 0.25) is 10.0 Å². The second-order valence-electron chi connectivity index (χ2n) is 8.71. The maximum atomic E-state index is 13.8. The van der Waals surface area contributed by atoms with Crippen LogP contribution < -0.4 is 0 Å². The molecule has 3 aromatic carbocycles. The fourth-order valence-corrected chi connectivity index (χ4v) is 5.53. The zero-order chi connectivity index (χ0) is 26.6. The van der Waals surface area contributed by atoms with Crippen LogP contribution in [0.4, 0.5) is 13.2 Å². The fraction of sp³-hybridized carbons (Fsp3) is 0.286. The molecule has 1 aromatic heterocycles. The molecule has 196 valence electrons. The Balaban J connectivity index is 1.67. The maximum Gasteiger partial charge on any atom is 0.416 e. The molecule has 4 rings (SSSR count). The first-order valence-corrected chi connectivity index (χ1v) is 13.3. The van der Waals surface area contributed by atoms with Crippen molar-refractivity contribution in [3.8, 4) is 0 Å². The number of alkyl halides is 3. The van der Waals surface area contributed by atoms with E-state index in [-0.39, 0.29) is 24.6 Å². The molecule has 0 N–H and O–H groups in total. The highest BCUT2D eigenvalue weighted by atomic mass is 32.2. The van der Waals surface area contributed by atoms with Crippen molar-refractivity contribution in [1.82, 2.24) is 4.31 Å². The van der Waals surface area contributed by atoms with E-state index < -0.39 is 21.8 Å². The van der Waals surface area contributed by atoms with E-state index in [2.05, 4.69) is 0 Å². The van der Waals surface area contributed by atoms with Crippen LogP contribution in [0.25, 0.3) is 11.0 Å². The summed E-state index contributed by atoms with van der Waals surface area (Å²) >= 11 is 0. The molecule has 37 heavy (non-hydrogen) atoms. The lowest BCUT2D eigenvalue weighted by Gasteiger charge is -2.23. The third-order valence-electron chi connectivity index (χ3n) is 6.21. The molecule has 9 heteroatoms. The molecule has 0 fully saturated rings. The van der Waals surface area contributed by atoms with Gasteiger partial charge >= 0.3 is 6.18 Å². The summed E-state index contributed by atoms with van der Waals surface area (Å²) in [5.41, 5.74) is 2.00. The fourth-order valence-electron chi connectivity index (χ4n) is 4.08. The smallest absolute Gasteiger partial charge is 0.416 e. The minimum Gasteiger partial charge on any atom is -0.458 e. The Hall–Kier alpha value is -3.14. The average Bonchev–Trinajstić information content (AvgIpc) is 3.20. The van der Waals surface area contributed by atoms with Gasteiger partial charge < -0.3 is 9.15 Å². The molecule has 0 spiro atoms. The molecular weight excluding hydrogens is 503 g/mol. The van der Waals surface area contributed by atoms with Crippen molar-refractivity contribution in [2.75, 3.05) is 13.2 Å². The number of benzene rings is 3. The van der Waals surface area contributed by atoms with Gasteiger partial charge in [-0.15, -0.1) is 0 Å². The van der Waals surface area contributed by atoms with Gasteiger partial charge in [0.05, 0.1) is 10.5 Å². The largest absolute Gasteiger partial charge is 0.458 e. The number of halogens is 3. The van der Waals surface area contributed by atoms with Crippen molar-refractivity contribution in [1.29, 1.82) is 0 Å². The topological polar surface area (TPSA) is 59.8 Å². The molecule has 0 unspecified atom stereocenters. The van der Waals surface area contributed by atoms with Crippen LogP contribution in [0.2, 0.25) is 0 Å². The number of hydrogen-bond donors (Lipinski definition) is 0. The number of fused-ring (bicyclic) bond motifs is 1. The SMILES string of the molecule is CCOCc1oc2ccc(S(=O)(=O)N(CCc3ccccc3)Cc3ccc(C(F)(F)F)cc3)cc2c1C. The van der Waals surface area contributed by atoms with E-state index in [1.807, 2.05) is 44.2 Å². The lowest BCUT2D eigenvalue weighted by Crippen LogP contribution is -2.32. The van der Waals surface area contributed by atoms with Crippen LogP contribution >= 0.6 is 0 Å². The number of aryl methyl sites for hydroxylation is 1. The highest BCUT2D eigenvalue weighted by Crippen LogP contribution is 2.31. The first kappa shape index (κ1) is 26.9. The van der Waals surface area contributed by atoms with E-state index in [0.717, 1.165) is 23.3 Å². The minimum atomic E-state index is -4.46. The van der Waals surface area contributed by atoms with Crippen LogP contribution in [0.15, 0.2) is 82.1 Å². The normalized spacial score (nSPS) is 12.5. The molecular formula is C28H28F3NO4S. The van der Waals surface area contributed by atoms with E-state index in [4.69, 9.17) is 9.15 Å². The highest BCUT2D eigenvalue weighted by molar-refractivity contribution is 7.89. The van der Waals surface area contributed by atoms with Gasteiger partial charge in [0.25, 0.3) is 0 Å². The van der Waals surface area contributed by atoms with E-state index >= 15 is 0 Å². The minimum absolute atomic E-state index is 0.0642. The lowest BCUT2D eigenvalue weighted by molar-refractivity contribution is -0.137. The Morgan fingerprint density at radius 3 is 2.30 bits per heavy atom. The van der Waals surface area contributed by atoms with Crippen molar-refractivity contribution >= 4 is 21.0 Å². The van der Waals surface area contributed by atoms with E-state index in [0.29, 0.717) is 35.3 Å². The average molecular weight is 532 g/mol. The molecule has 0 saturated carbocycles. The zero-order valence-corrected chi connectivity index (χ0v) is 21.4. The predicted molar refractivity (Wildman–Crippen MR) is 135 cm³/mol. The van der Waals surface area contributed by atoms with Gasteiger partial charge in [-0.1, -0.05) is 42.5 Å². The van der Waals surface area contributed by atoms with Crippen molar-refractivity contribution in [3.05, 3.63) is 101 Å². The van der Waals surface area contributed by atoms with Crippen LogP contribution in [0, 0.1) is 6.92 Å². The summed E-state index contributed by atoms with van der Waals surface area (Å²) in [4.78, 5) is 0.0897. The van der Waals surface area contributed by atoms with Gasteiger partial charge in [-0.3, -0.25) is 0 Å². The Morgan fingerprint density at radius 1 is 0.946 bits per heavy atom. The highest BCUT2D eigenvalue weighted by Gasteiger charge is 2.31. The lowest BCUT2D eigenvalue weighted by atomic mass is 10.1. The summed E-state index contributed by atoms with van der Waals surface area (Å²) in [7, 11) is -3.99. The van der Waals surface area contributed by atoms with E-state index in [1.165, 1.54) is 22.5 Å². The second kappa shape index (κ2) is 11.1. The number of nitrogens with zero attached hydrogens (tertiary/aromatic N) is 1. The molecule has 0 radical (unpaired) electrons. The molecule has 0 saturated heterocycles. The quantitative estimate of drug-likeness (QED) is 0.228. The molecule has 0 aliphatic heterocycles. The van der Waals surface area contributed by atoms with Crippen LogP contribution in [0.1, 0.15) is 34.9 Å². The molecule has 0 bridgehead atoms. The van der Waals surface area contributed by atoms with E-state index in [1.54, 1.807) is 12.1 Å². The van der Waals surface area contributed by atoms with Crippen LogP contribution in [-0.4, -0.2) is 25.9 Å². The Morgan fingerprint density at radius 2 is 1.65 bits per heavy atom. The van der Waals surface area contributed by atoms with Crippen LogP contribution in [-0.2, 0) is 40.5 Å². The number of hydrogen-bond acceptors (Lipinski definition) is 4. The predicted octanol–water partition coefficient (Wildman–Crippen LogP) is 6.73.